The molecule has 8 nitrogen and oxygen atoms in total. The first-order valence-corrected chi connectivity index (χ1v) is 11.0. The van der Waals surface area contributed by atoms with Gasteiger partial charge in [-0.05, 0) is 38.3 Å². The number of benzene rings is 1. The van der Waals surface area contributed by atoms with Crippen LogP contribution in [0, 0.1) is 11.8 Å². The molecule has 1 fully saturated rings. The van der Waals surface area contributed by atoms with Gasteiger partial charge in [-0.2, -0.15) is 0 Å². The molecule has 2 amide bonds. The van der Waals surface area contributed by atoms with E-state index >= 15 is 0 Å². The molecule has 0 bridgehead atoms. The van der Waals surface area contributed by atoms with Crippen LogP contribution >= 0.6 is 0 Å². The molecule has 5 rings (SSSR count). The van der Waals surface area contributed by atoms with Crippen LogP contribution < -0.4 is 10.9 Å². The van der Waals surface area contributed by atoms with Crippen LogP contribution in [-0.2, 0) is 20.7 Å². The molecule has 3 N–H and O–H groups in total. The van der Waals surface area contributed by atoms with Gasteiger partial charge in [0, 0.05) is 41.5 Å². The van der Waals surface area contributed by atoms with Gasteiger partial charge in [-0.25, -0.2) is 10.2 Å². The molecule has 31 heavy (non-hydrogen) atoms. The summed E-state index contributed by atoms with van der Waals surface area (Å²) in [5.74, 6) is -0.0852. The monoisotopic (exact) mass is 424 g/mol. The summed E-state index contributed by atoms with van der Waals surface area (Å²) >= 11 is 0. The molecule has 0 radical (unpaired) electrons. The van der Waals surface area contributed by atoms with Crippen molar-refractivity contribution < 1.29 is 19.1 Å². The number of hydrazine groups is 1. The van der Waals surface area contributed by atoms with E-state index in [4.69, 9.17) is 9.47 Å². The van der Waals surface area contributed by atoms with Gasteiger partial charge in [-0.3, -0.25) is 15.1 Å². The van der Waals surface area contributed by atoms with E-state index in [2.05, 4.69) is 51.9 Å². The zero-order valence-corrected chi connectivity index (χ0v) is 17.8. The highest BCUT2D eigenvalue weighted by Crippen LogP contribution is 2.47. The molecule has 2 aromatic rings. The Labute approximate surface area is 180 Å². The predicted octanol–water partition coefficient (Wildman–Crippen LogP) is 2.78. The van der Waals surface area contributed by atoms with Gasteiger partial charge in [0.05, 0.1) is 30.6 Å². The van der Waals surface area contributed by atoms with Crippen molar-refractivity contribution in [2.75, 3.05) is 19.7 Å². The molecule has 1 aromatic carbocycles. The van der Waals surface area contributed by atoms with Gasteiger partial charge < -0.3 is 14.5 Å². The molecule has 8 heteroatoms. The van der Waals surface area contributed by atoms with Gasteiger partial charge in [0.15, 0.2) is 0 Å². The standard InChI is InChI=1S/C23H28N4O4/c1-3-30-23(29)26-25-22(28)18-12-31-13(2)17-11-27-9-8-15-14-6-4-5-7-19(14)24-21(15)20(27)10-16(17)18/h4-7,12-13,16-17,20,24H,3,8-11H2,1-2H3,(H,25,28)(H,26,29)/t13-,16?,17+,20?/m0/s1. The van der Waals surface area contributed by atoms with Gasteiger partial charge in [0.25, 0.3) is 5.91 Å². The first-order chi connectivity index (χ1) is 15.1. The zero-order chi connectivity index (χ0) is 21.5. The van der Waals surface area contributed by atoms with E-state index in [1.807, 2.05) is 0 Å². The molecule has 0 saturated carbocycles. The van der Waals surface area contributed by atoms with Crippen molar-refractivity contribution in [3.05, 3.63) is 47.4 Å². The molecule has 4 heterocycles. The molecule has 0 aliphatic carbocycles. The van der Waals surface area contributed by atoms with E-state index in [0.717, 1.165) is 25.9 Å². The summed E-state index contributed by atoms with van der Waals surface area (Å²) in [6.45, 7) is 5.89. The maximum absolute atomic E-state index is 12.9. The van der Waals surface area contributed by atoms with E-state index in [0.29, 0.717) is 5.57 Å². The van der Waals surface area contributed by atoms with Gasteiger partial charge in [-0.1, -0.05) is 18.2 Å². The minimum atomic E-state index is -0.678. The lowest BCUT2D eigenvalue weighted by Gasteiger charge is -2.49. The summed E-state index contributed by atoms with van der Waals surface area (Å²) in [6.07, 6.45) is 2.78. The second-order valence-corrected chi connectivity index (χ2v) is 8.54. The maximum atomic E-state index is 12.9. The first kappa shape index (κ1) is 19.9. The summed E-state index contributed by atoms with van der Waals surface area (Å²) < 4.78 is 10.6. The van der Waals surface area contributed by atoms with Crippen molar-refractivity contribution in [2.45, 2.75) is 38.8 Å². The molecule has 0 spiro atoms. The Bertz CT molecular complexity index is 1050. The highest BCUT2D eigenvalue weighted by atomic mass is 16.6. The number of aromatic amines is 1. The van der Waals surface area contributed by atoms with E-state index in [-0.39, 0.29) is 36.5 Å². The Hall–Kier alpha value is -3.00. The molecule has 1 aromatic heterocycles. The van der Waals surface area contributed by atoms with Crippen molar-refractivity contribution in [2.24, 2.45) is 11.8 Å². The highest BCUT2D eigenvalue weighted by molar-refractivity contribution is 5.94. The number of hydrogen-bond acceptors (Lipinski definition) is 5. The van der Waals surface area contributed by atoms with Crippen molar-refractivity contribution in [1.82, 2.24) is 20.7 Å². The third kappa shape index (κ3) is 3.44. The maximum Gasteiger partial charge on any atom is 0.426 e. The van der Waals surface area contributed by atoms with Crippen LogP contribution in [0.3, 0.4) is 0 Å². The number of para-hydroxylation sites is 1. The second-order valence-electron chi connectivity index (χ2n) is 8.54. The number of carbonyl (C=O) groups is 2. The second kappa shape index (κ2) is 7.92. The Morgan fingerprint density at radius 1 is 1.29 bits per heavy atom. The Balaban J connectivity index is 1.40. The lowest BCUT2D eigenvalue weighted by Crippen LogP contribution is -2.53. The number of piperidine rings is 1. The molecule has 3 aliphatic heterocycles. The molecule has 2 unspecified atom stereocenters. The van der Waals surface area contributed by atoms with Gasteiger partial charge in [-0.15, -0.1) is 0 Å². The number of aromatic nitrogens is 1. The number of nitrogens with zero attached hydrogens (tertiary/aromatic N) is 1. The summed E-state index contributed by atoms with van der Waals surface area (Å²) in [4.78, 5) is 30.6. The van der Waals surface area contributed by atoms with E-state index < -0.39 is 6.09 Å². The molecular weight excluding hydrogens is 396 g/mol. The zero-order valence-electron chi connectivity index (χ0n) is 17.8. The lowest BCUT2D eigenvalue weighted by atomic mass is 9.72. The van der Waals surface area contributed by atoms with Gasteiger partial charge in [0.2, 0.25) is 0 Å². The Morgan fingerprint density at radius 3 is 2.97 bits per heavy atom. The molecule has 1 saturated heterocycles. The van der Waals surface area contributed by atoms with Crippen molar-refractivity contribution in [1.29, 1.82) is 0 Å². The predicted molar refractivity (Wildman–Crippen MR) is 115 cm³/mol. The smallest absolute Gasteiger partial charge is 0.426 e. The van der Waals surface area contributed by atoms with Crippen LogP contribution in [0.25, 0.3) is 10.9 Å². The minimum absolute atomic E-state index is 0.0321. The lowest BCUT2D eigenvalue weighted by molar-refractivity contribution is -0.121. The van der Waals surface area contributed by atoms with Crippen LogP contribution in [-0.4, -0.2) is 47.7 Å². The van der Waals surface area contributed by atoms with E-state index in [1.165, 1.54) is 22.2 Å². The van der Waals surface area contributed by atoms with Crippen molar-refractivity contribution in [3.63, 3.8) is 0 Å². The van der Waals surface area contributed by atoms with Crippen LogP contribution in [0.4, 0.5) is 4.79 Å². The van der Waals surface area contributed by atoms with Crippen molar-refractivity contribution in [3.8, 4) is 0 Å². The summed E-state index contributed by atoms with van der Waals surface area (Å²) in [6, 6.07) is 8.68. The number of nitrogens with one attached hydrogen (secondary N) is 3. The topological polar surface area (TPSA) is 95.7 Å². The molecule has 4 atom stereocenters. The third-order valence-electron chi connectivity index (χ3n) is 6.94. The Kier molecular flexibility index (Phi) is 5.09. The van der Waals surface area contributed by atoms with E-state index in [1.54, 1.807) is 13.2 Å². The van der Waals surface area contributed by atoms with Crippen LogP contribution in [0.2, 0.25) is 0 Å². The fraction of sp³-hybridized carbons (Fsp3) is 0.478. The summed E-state index contributed by atoms with van der Waals surface area (Å²) in [5.41, 5.74) is 9.18. The third-order valence-corrected chi connectivity index (χ3v) is 6.94. The summed E-state index contributed by atoms with van der Waals surface area (Å²) in [7, 11) is 0. The van der Waals surface area contributed by atoms with Crippen LogP contribution in [0.1, 0.15) is 37.6 Å². The number of carbonyl (C=O) groups excluding carboxylic acids is 2. The van der Waals surface area contributed by atoms with Crippen molar-refractivity contribution >= 4 is 22.9 Å². The highest BCUT2D eigenvalue weighted by Gasteiger charge is 2.46. The number of ether oxygens (including phenoxy) is 2. The first-order valence-electron chi connectivity index (χ1n) is 11.0. The van der Waals surface area contributed by atoms with Crippen LogP contribution in [0.5, 0.6) is 0 Å². The van der Waals surface area contributed by atoms with Gasteiger partial charge in [0.1, 0.15) is 0 Å². The largest absolute Gasteiger partial charge is 0.497 e. The number of amides is 2. The molecule has 3 aliphatic rings. The average Bonchev–Trinajstić information content (AvgIpc) is 3.16. The van der Waals surface area contributed by atoms with E-state index in [9.17, 15) is 9.59 Å². The quantitative estimate of drug-likeness (QED) is 0.645. The normalized spacial score (nSPS) is 27.2. The summed E-state index contributed by atoms with van der Waals surface area (Å²) in [5, 5.41) is 1.30. The fourth-order valence-corrected chi connectivity index (χ4v) is 5.44. The molecular formula is C23H28N4O4. The van der Waals surface area contributed by atoms with Crippen LogP contribution in [0.15, 0.2) is 36.1 Å². The SMILES string of the molecule is CCOC(=O)NNC(=O)C1=CO[C@@H](C)[C@H]2CN3CCc4c([nH]c5ccccc45)C3CC12. The average molecular weight is 425 g/mol. The molecule has 164 valence electrons. The Morgan fingerprint density at radius 2 is 2.13 bits per heavy atom. The fourth-order valence-electron chi connectivity index (χ4n) is 5.44. The minimum Gasteiger partial charge on any atom is -0.497 e. The number of rotatable bonds is 2. The van der Waals surface area contributed by atoms with Gasteiger partial charge >= 0.3 is 6.09 Å². The number of hydrogen-bond donors (Lipinski definition) is 3. The number of fused-ring (bicyclic) bond motifs is 6. The number of H-pyrrole nitrogens is 1.